The zero-order valence-electron chi connectivity index (χ0n) is 16.7. The molecule has 31 heavy (non-hydrogen) atoms. The molecule has 1 aliphatic rings. The molecule has 4 rings (SSSR count). The molecule has 0 N–H and O–H groups in total. The molecule has 3 aromatic carbocycles. The average molecular weight is 415 g/mol. The Bertz CT molecular complexity index is 1190. The molecule has 1 aliphatic heterocycles. The van der Waals surface area contributed by atoms with E-state index in [2.05, 4.69) is 0 Å². The van der Waals surface area contributed by atoms with Crippen LogP contribution in [0.25, 0.3) is 0 Å². The van der Waals surface area contributed by atoms with E-state index in [1.54, 1.807) is 55.6 Å². The van der Waals surface area contributed by atoms with Gasteiger partial charge in [0.25, 0.3) is 5.91 Å². The van der Waals surface area contributed by atoms with E-state index in [0.717, 1.165) is 16.5 Å². The molecule has 1 heterocycles. The second kappa shape index (κ2) is 8.28. The number of carbonyl (C=O) groups excluding carboxylic acids is 2. The number of nitriles is 1. The Morgan fingerprint density at radius 2 is 1.81 bits per heavy atom. The number of benzene rings is 3. The molecule has 1 unspecified atom stereocenters. The molecular weight excluding hydrogens is 397 g/mol. The summed E-state index contributed by atoms with van der Waals surface area (Å²) in [5.41, 5.74) is 2.03. The SMILES string of the molecule is CN1C(=O)N(c2ccc(OCc3cccc(C#N)c3)c(F)c2)C(=O)C1c1ccccc1. The Morgan fingerprint density at radius 1 is 1.03 bits per heavy atom. The summed E-state index contributed by atoms with van der Waals surface area (Å²) in [6.07, 6.45) is 0. The Kier molecular flexibility index (Phi) is 5.37. The third-order valence-corrected chi connectivity index (χ3v) is 5.07. The van der Waals surface area contributed by atoms with Gasteiger partial charge < -0.3 is 9.64 Å². The van der Waals surface area contributed by atoms with E-state index in [1.807, 2.05) is 12.1 Å². The van der Waals surface area contributed by atoms with Crippen molar-refractivity contribution < 1.29 is 18.7 Å². The standard InChI is InChI=1S/C24H18FN3O3/c1-27-22(18-8-3-2-4-9-18)23(29)28(24(27)30)19-10-11-21(20(25)13-19)31-15-17-7-5-6-16(12-17)14-26/h2-13,22H,15H2,1H3. The van der Waals surface area contributed by atoms with Crippen LogP contribution >= 0.6 is 0 Å². The number of ether oxygens (including phenoxy) is 1. The molecule has 0 radical (unpaired) electrons. The number of likely N-dealkylation sites (N-methyl/N-ethyl adjacent to an activating group) is 1. The minimum atomic E-state index is -0.764. The minimum Gasteiger partial charge on any atom is -0.486 e. The molecule has 0 aromatic heterocycles. The van der Waals surface area contributed by atoms with Crippen molar-refractivity contribution in [2.45, 2.75) is 12.6 Å². The highest BCUT2D eigenvalue weighted by atomic mass is 19.1. The third-order valence-electron chi connectivity index (χ3n) is 5.07. The number of nitrogens with zero attached hydrogens (tertiary/aromatic N) is 3. The van der Waals surface area contributed by atoms with Crippen molar-refractivity contribution in [1.82, 2.24) is 4.90 Å². The maximum Gasteiger partial charge on any atom is 0.332 e. The lowest BCUT2D eigenvalue weighted by molar-refractivity contribution is -0.119. The van der Waals surface area contributed by atoms with Gasteiger partial charge in [0, 0.05) is 13.1 Å². The van der Waals surface area contributed by atoms with Crippen LogP contribution in [-0.2, 0) is 11.4 Å². The van der Waals surface area contributed by atoms with Gasteiger partial charge in [-0.25, -0.2) is 14.1 Å². The smallest absolute Gasteiger partial charge is 0.332 e. The number of imide groups is 1. The monoisotopic (exact) mass is 415 g/mol. The highest BCUT2D eigenvalue weighted by molar-refractivity contribution is 6.21. The van der Waals surface area contributed by atoms with Crippen LogP contribution in [0.2, 0.25) is 0 Å². The summed E-state index contributed by atoms with van der Waals surface area (Å²) in [7, 11) is 1.54. The number of urea groups is 1. The van der Waals surface area contributed by atoms with E-state index in [0.29, 0.717) is 11.1 Å². The van der Waals surface area contributed by atoms with Gasteiger partial charge >= 0.3 is 6.03 Å². The molecule has 0 aliphatic carbocycles. The van der Waals surface area contributed by atoms with E-state index >= 15 is 0 Å². The number of halogens is 1. The Hall–Kier alpha value is -4.18. The van der Waals surface area contributed by atoms with Crippen LogP contribution in [0.5, 0.6) is 5.75 Å². The molecule has 6 nitrogen and oxygen atoms in total. The molecule has 7 heteroatoms. The number of anilines is 1. The first-order chi connectivity index (χ1) is 15.0. The van der Waals surface area contributed by atoms with Crippen LogP contribution in [-0.4, -0.2) is 23.9 Å². The molecular formula is C24H18FN3O3. The van der Waals surface area contributed by atoms with E-state index in [4.69, 9.17) is 10.00 Å². The van der Waals surface area contributed by atoms with Gasteiger partial charge in [0.05, 0.1) is 17.3 Å². The van der Waals surface area contributed by atoms with Crippen molar-refractivity contribution in [2.75, 3.05) is 11.9 Å². The fourth-order valence-electron chi connectivity index (χ4n) is 3.53. The maximum absolute atomic E-state index is 14.7. The summed E-state index contributed by atoms with van der Waals surface area (Å²) in [5, 5.41) is 8.96. The molecule has 0 spiro atoms. The second-order valence-corrected chi connectivity index (χ2v) is 7.10. The van der Waals surface area contributed by atoms with Crippen molar-refractivity contribution in [3.8, 4) is 11.8 Å². The van der Waals surface area contributed by atoms with Gasteiger partial charge in [0.15, 0.2) is 11.6 Å². The Labute approximate surface area is 178 Å². The summed E-state index contributed by atoms with van der Waals surface area (Å²) in [6.45, 7) is 0.0756. The summed E-state index contributed by atoms with van der Waals surface area (Å²) in [6, 6.07) is 20.5. The van der Waals surface area contributed by atoms with Gasteiger partial charge in [-0.05, 0) is 35.4 Å². The van der Waals surface area contributed by atoms with Crippen LogP contribution in [0.15, 0.2) is 72.8 Å². The first-order valence-corrected chi connectivity index (χ1v) is 9.56. The normalized spacial score (nSPS) is 15.8. The molecule has 0 bridgehead atoms. The first kappa shape index (κ1) is 20.1. The van der Waals surface area contributed by atoms with E-state index in [1.165, 1.54) is 17.0 Å². The zero-order chi connectivity index (χ0) is 22.0. The first-order valence-electron chi connectivity index (χ1n) is 9.56. The quantitative estimate of drug-likeness (QED) is 0.579. The Balaban J connectivity index is 1.54. The van der Waals surface area contributed by atoms with Crippen molar-refractivity contribution in [3.05, 3.63) is 95.3 Å². The summed E-state index contributed by atoms with van der Waals surface area (Å²) in [4.78, 5) is 28.0. The highest BCUT2D eigenvalue weighted by Crippen LogP contribution is 2.34. The average Bonchev–Trinajstić information content (AvgIpc) is 3.01. The van der Waals surface area contributed by atoms with Gasteiger partial charge in [0.1, 0.15) is 12.6 Å². The van der Waals surface area contributed by atoms with Crippen LogP contribution < -0.4 is 9.64 Å². The number of rotatable bonds is 5. The number of hydrogen-bond donors (Lipinski definition) is 0. The largest absolute Gasteiger partial charge is 0.486 e. The lowest BCUT2D eigenvalue weighted by atomic mass is 10.1. The summed E-state index contributed by atoms with van der Waals surface area (Å²) < 4.78 is 20.2. The summed E-state index contributed by atoms with van der Waals surface area (Å²) >= 11 is 0. The molecule has 1 fully saturated rings. The fraction of sp³-hybridized carbons (Fsp3) is 0.125. The number of carbonyl (C=O) groups is 2. The van der Waals surface area contributed by atoms with Crippen LogP contribution in [0.1, 0.15) is 22.7 Å². The molecule has 1 saturated heterocycles. The third kappa shape index (κ3) is 3.83. The molecule has 154 valence electrons. The lowest BCUT2D eigenvalue weighted by Gasteiger charge is -2.16. The van der Waals surface area contributed by atoms with Gasteiger partial charge in [0.2, 0.25) is 0 Å². The molecule has 3 aromatic rings. The van der Waals surface area contributed by atoms with Crippen molar-refractivity contribution >= 4 is 17.6 Å². The molecule has 0 saturated carbocycles. The van der Waals surface area contributed by atoms with Gasteiger partial charge in [-0.2, -0.15) is 5.26 Å². The van der Waals surface area contributed by atoms with Crippen LogP contribution in [0, 0.1) is 17.1 Å². The van der Waals surface area contributed by atoms with Gasteiger partial charge in [-0.1, -0.05) is 42.5 Å². The minimum absolute atomic E-state index is 0.0156. The van der Waals surface area contributed by atoms with E-state index in [-0.39, 0.29) is 18.0 Å². The lowest BCUT2D eigenvalue weighted by Crippen LogP contribution is -2.31. The van der Waals surface area contributed by atoms with Gasteiger partial charge in [-0.15, -0.1) is 0 Å². The second-order valence-electron chi connectivity index (χ2n) is 7.10. The number of amides is 3. The number of hydrogen-bond acceptors (Lipinski definition) is 4. The van der Waals surface area contributed by atoms with E-state index in [9.17, 15) is 14.0 Å². The van der Waals surface area contributed by atoms with Crippen molar-refractivity contribution in [1.29, 1.82) is 5.26 Å². The van der Waals surface area contributed by atoms with Crippen LogP contribution in [0.3, 0.4) is 0 Å². The Morgan fingerprint density at radius 3 is 2.52 bits per heavy atom. The predicted molar refractivity (Wildman–Crippen MR) is 112 cm³/mol. The fourth-order valence-corrected chi connectivity index (χ4v) is 3.53. The highest BCUT2D eigenvalue weighted by Gasteiger charge is 2.44. The summed E-state index contributed by atoms with van der Waals surface area (Å²) in [5.74, 6) is -1.15. The molecule has 1 atom stereocenters. The van der Waals surface area contributed by atoms with Gasteiger partial charge in [-0.3, -0.25) is 4.79 Å². The predicted octanol–water partition coefficient (Wildman–Crippen LogP) is 4.42. The van der Waals surface area contributed by atoms with Crippen LogP contribution in [0.4, 0.5) is 14.9 Å². The maximum atomic E-state index is 14.7. The van der Waals surface area contributed by atoms with Crippen molar-refractivity contribution in [3.63, 3.8) is 0 Å². The molecule has 3 amide bonds. The van der Waals surface area contributed by atoms with Crippen molar-refractivity contribution in [2.24, 2.45) is 0 Å². The topological polar surface area (TPSA) is 73.6 Å². The van der Waals surface area contributed by atoms with E-state index < -0.39 is 23.8 Å². The zero-order valence-corrected chi connectivity index (χ0v) is 16.7.